The smallest absolute Gasteiger partial charge is 0.303 e. The fraction of sp³-hybridized carbons (Fsp3) is 0.667. The maximum Gasteiger partial charge on any atom is 0.303 e. The molecule has 0 aliphatic carbocycles. The Morgan fingerprint density at radius 3 is 2.14 bits per heavy atom. The van der Waals surface area contributed by atoms with Gasteiger partial charge in [-0.3, -0.25) is 33.6 Å². The molecule has 0 radical (unpaired) electrons. The first-order valence-corrected chi connectivity index (χ1v) is 13.8. The van der Waals surface area contributed by atoms with Gasteiger partial charge in [0.25, 0.3) is 0 Å². The van der Waals surface area contributed by atoms with Gasteiger partial charge in [-0.2, -0.15) is 0 Å². The van der Waals surface area contributed by atoms with Crippen molar-refractivity contribution in [3.63, 3.8) is 0 Å². The number of carbonyl (C=O) groups is 7. The summed E-state index contributed by atoms with van der Waals surface area (Å²) < 4.78 is 11.0. The fourth-order valence-electron chi connectivity index (χ4n) is 4.58. The Balaban J connectivity index is 3.32. The molecule has 0 spiro atoms. The van der Waals surface area contributed by atoms with Crippen molar-refractivity contribution in [2.45, 2.75) is 70.9 Å². The van der Waals surface area contributed by atoms with Crippen LogP contribution in [-0.2, 0) is 43.0 Å². The number of likely N-dealkylation sites (N-methyl/N-ethyl adjacent to an activating group) is 1. The minimum atomic E-state index is -1.40. The zero-order valence-corrected chi connectivity index (χ0v) is 25.1. The summed E-state index contributed by atoms with van der Waals surface area (Å²) in [5, 5.41) is 29.3. The number of nitrogens with one attached hydrogen (secondary N) is 4. The summed E-state index contributed by atoms with van der Waals surface area (Å²) in [5.74, 6) is -8.02. The van der Waals surface area contributed by atoms with Gasteiger partial charge in [-0.05, 0) is 26.4 Å². The second-order valence-corrected chi connectivity index (χ2v) is 10.4. The van der Waals surface area contributed by atoms with E-state index in [9.17, 15) is 43.8 Å². The molecule has 6 N–H and O–H groups in total. The highest BCUT2D eigenvalue weighted by Gasteiger charge is 2.48. The van der Waals surface area contributed by atoms with Crippen molar-refractivity contribution < 1.29 is 53.2 Å². The molecule has 0 bridgehead atoms. The van der Waals surface area contributed by atoms with Crippen molar-refractivity contribution in [2.75, 3.05) is 33.8 Å². The summed E-state index contributed by atoms with van der Waals surface area (Å²) in [5.41, 5.74) is 0. The van der Waals surface area contributed by atoms with E-state index in [1.54, 1.807) is 20.2 Å². The lowest BCUT2D eigenvalue weighted by atomic mass is 9.75. The lowest BCUT2D eigenvalue weighted by Crippen LogP contribution is -2.64. The van der Waals surface area contributed by atoms with E-state index in [0.29, 0.717) is 19.5 Å². The van der Waals surface area contributed by atoms with Crippen LogP contribution in [0.5, 0.6) is 0 Å². The van der Waals surface area contributed by atoms with Crippen LogP contribution in [0, 0.1) is 11.8 Å². The Bertz CT molecular complexity index is 1050. The van der Waals surface area contributed by atoms with Gasteiger partial charge in [0.15, 0.2) is 6.23 Å². The van der Waals surface area contributed by atoms with E-state index >= 15 is 0 Å². The quantitative estimate of drug-likeness (QED) is 0.0822. The molecule has 16 nitrogen and oxygen atoms in total. The topological polar surface area (TPSA) is 230 Å². The number of hydrogen-bond donors (Lipinski definition) is 6. The molecule has 6 atom stereocenters. The van der Waals surface area contributed by atoms with E-state index in [2.05, 4.69) is 21.3 Å². The molecule has 1 rings (SSSR count). The van der Waals surface area contributed by atoms with Crippen LogP contribution >= 0.6 is 0 Å². The third-order valence-electron chi connectivity index (χ3n) is 6.39. The number of carbonyl (C=O) groups excluding carboxylic acids is 5. The lowest BCUT2D eigenvalue weighted by molar-refractivity contribution is -0.183. The van der Waals surface area contributed by atoms with Gasteiger partial charge in [0.2, 0.25) is 23.6 Å². The second-order valence-electron chi connectivity index (χ2n) is 10.4. The molecule has 1 heterocycles. The van der Waals surface area contributed by atoms with Crippen LogP contribution in [0.4, 0.5) is 0 Å². The van der Waals surface area contributed by atoms with Crippen molar-refractivity contribution in [2.24, 2.45) is 11.8 Å². The third kappa shape index (κ3) is 14.1. The van der Waals surface area contributed by atoms with Gasteiger partial charge in [-0.1, -0.05) is 13.0 Å². The van der Waals surface area contributed by atoms with Crippen LogP contribution in [0.25, 0.3) is 0 Å². The molecule has 0 aromatic carbocycles. The molecular formula is C27H43N5O11. The maximum atomic E-state index is 13.2. The van der Waals surface area contributed by atoms with Gasteiger partial charge in [-0.15, -0.1) is 0 Å². The van der Waals surface area contributed by atoms with Gasteiger partial charge >= 0.3 is 17.9 Å². The van der Waals surface area contributed by atoms with Crippen LogP contribution in [0.2, 0.25) is 0 Å². The SMILES string of the molecule is CCCNC(=O)[C@H](CC(=O)N[C@@H]1O[C@@H](COC(C)=O)[C@@H](CC(=O)O)[C@@H](CC(=O)O)[C@H]1NC(C)=O)NC(=O)/C=C/CN(C)C. The third-order valence-corrected chi connectivity index (χ3v) is 6.39. The van der Waals surface area contributed by atoms with Crippen molar-refractivity contribution >= 4 is 41.5 Å². The van der Waals surface area contributed by atoms with Gasteiger partial charge in [-0.25, -0.2) is 0 Å². The Morgan fingerprint density at radius 1 is 0.977 bits per heavy atom. The second kappa shape index (κ2) is 18.5. The molecule has 16 heteroatoms. The molecule has 0 aromatic heterocycles. The first kappa shape index (κ1) is 37.0. The average molecular weight is 614 g/mol. The average Bonchev–Trinajstić information content (AvgIpc) is 2.88. The van der Waals surface area contributed by atoms with Crippen molar-refractivity contribution in [3.8, 4) is 0 Å². The molecule has 0 unspecified atom stereocenters. The van der Waals surface area contributed by atoms with Gasteiger partial charge in [0.1, 0.15) is 12.6 Å². The van der Waals surface area contributed by atoms with Crippen LogP contribution < -0.4 is 21.3 Å². The fourth-order valence-corrected chi connectivity index (χ4v) is 4.58. The number of hydrogen-bond acceptors (Lipinski definition) is 10. The molecule has 242 valence electrons. The van der Waals surface area contributed by atoms with Crippen molar-refractivity contribution in [1.82, 2.24) is 26.2 Å². The van der Waals surface area contributed by atoms with Gasteiger partial charge in [0.05, 0.1) is 31.4 Å². The standard InChI is InChI=1S/C27H43N5O11/c1-6-9-28-26(41)19(30-21(35)8-7-10-32(4)5)13-22(36)31-27-25(29-15(2)33)18(12-24(39)40)17(11-23(37)38)20(43-27)14-42-16(3)34/h7-8,17-20,25,27H,6,9-14H2,1-5H3,(H,28,41)(H,29,33)(H,30,35)(H,31,36)(H,37,38)(H,39,40)/b8-7+/t17-,18+,19-,20-,25+,27+/m0/s1. The molecule has 4 amide bonds. The summed E-state index contributed by atoms with van der Waals surface area (Å²) in [4.78, 5) is 87.3. The van der Waals surface area contributed by atoms with E-state index in [1.165, 1.54) is 6.08 Å². The molecule has 43 heavy (non-hydrogen) atoms. The molecule has 0 saturated carbocycles. The summed E-state index contributed by atoms with van der Waals surface area (Å²) in [6, 6.07) is -2.50. The Morgan fingerprint density at radius 2 is 1.60 bits per heavy atom. The number of aliphatic carboxylic acids is 2. The summed E-state index contributed by atoms with van der Waals surface area (Å²) >= 11 is 0. The number of amides is 4. The largest absolute Gasteiger partial charge is 0.481 e. The minimum absolute atomic E-state index is 0.291. The van der Waals surface area contributed by atoms with Crippen LogP contribution in [-0.4, -0.2) is 115 Å². The number of nitrogens with zero attached hydrogens (tertiary/aromatic N) is 1. The van der Waals surface area contributed by atoms with E-state index < -0.39 is 104 Å². The highest BCUT2D eigenvalue weighted by atomic mass is 16.6. The van der Waals surface area contributed by atoms with Crippen LogP contribution in [0.1, 0.15) is 46.5 Å². The Labute approximate surface area is 249 Å². The van der Waals surface area contributed by atoms with E-state index in [0.717, 1.165) is 13.8 Å². The molecule has 1 aliphatic rings. The minimum Gasteiger partial charge on any atom is -0.481 e. The first-order chi connectivity index (χ1) is 20.1. The lowest BCUT2D eigenvalue weighted by Gasteiger charge is -2.46. The highest BCUT2D eigenvalue weighted by molar-refractivity contribution is 5.95. The van der Waals surface area contributed by atoms with Gasteiger partial charge in [0, 0.05) is 38.9 Å². The van der Waals surface area contributed by atoms with Crippen molar-refractivity contribution in [3.05, 3.63) is 12.2 Å². The van der Waals surface area contributed by atoms with E-state index in [1.807, 2.05) is 11.8 Å². The zero-order chi connectivity index (χ0) is 32.7. The monoisotopic (exact) mass is 613 g/mol. The summed E-state index contributed by atoms with van der Waals surface area (Å²) in [6.45, 7) is 4.40. The van der Waals surface area contributed by atoms with E-state index in [-0.39, 0.29) is 0 Å². The number of carboxylic acids is 2. The molecule has 1 aliphatic heterocycles. The Kier molecular flexibility index (Phi) is 15.9. The van der Waals surface area contributed by atoms with Crippen LogP contribution in [0.15, 0.2) is 12.2 Å². The number of rotatable bonds is 17. The number of carboxylic acid groups (broad SMARTS) is 2. The number of esters is 1. The summed E-state index contributed by atoms with van der Waals surface area (Å²) in [6.07, 6.45) is -0.891. The molecule has 0 aromatic rings. The van der Waals surface area contributed by atoms with Gasteiger partial charge < -0.3 is 45.9 Å². The molecular weight excluding hydrogens is 570 g/mol. The summed E-state index contributed by atoms with van der Waals surface area (Å²) in [7, 11) is 3.60. The number of ether oxygens (including phenoxy) is 2. The predicted molar refractivity (Wildman–Crippen MR) is 150 cm³/mol. The van der Waals surface area contributed by atoms with E-state index in [4.69, 9.17) is 9.47 Å². The predicted octanol–water partition coefficient (Wildman–Crippen LogP) is -1.40. The first-order valence-electron chi connectivity index (χ1n) is 13.8. The molecule has 1 fully saturated rings. The highest BCUT2D eigenvalue weighted by Crippen LogP contribution is 2.36. The Hall–Kier alpha value is -4.05. The van der Waals surface area contributed by atoms with Crippen molar-refractivity contribution in [1.29, 1.82) is 0 Å². The maximum absolute atomic E-state index is 13.2. The van der Waals surface area contributed by atoms with Crippen LogP contribution in [0.3, 0.4) is 0 Å². The normalized spacial score (nSPS) is 22.3. The molecule has 1 saturated heterocycles. The zero-order valence-electron chi connectivity index (χ0n) is 25.1.